The van der Waals surface area contributed by atoms with E-state index in [0.29, 0.717) is 0 Å². The summed E-state index contributed by atoms with van der Waals surface area (Å²) in [6.45, 7) is 0. The second-order valence-electron chi connectivity index (χ2n) is 2.26. The van der Waals surface area contributed by atoms with Crippen LogP contribution < -0.4 is 11.1 Å². The van der Waals surface area contributed by atoms with E-state index in [0.717, 1.165) is 0 Å². The lowest BCUT2D eigenvalue weighted by Gasteiger charge is -1.87. The number of carboxylic acid groups (broad SMARTS) is 1. The molecule has 0 aromatic carbocycles. The Labute approximate surface area is 53.0 Å². The predicted molar refractivity (Wildman–Crippen MR) is 31.9 cm³/mol. The van der Waals surface area contributed by atoms with Crippen LogP contribution in [0.2, 0.25) is 0 Å². The molecule has 0 saturated heterocycles. The second kappa shape index (κ2) is 1.97. The van der Waals surface area contributed by atoms with Gasteiger partial charge >= 0.3 is 5.97 Å². The maximum absolute atomic E-state index is 10.2. The number of nitrogens with two attached hydrogens (primary N) is 1. The summed E-state index contributed by atoms with van der Waals surface area (Å²) in [5.74, 6) is -1.17. The Morgan fingerprint density at radius 1 is 1.78 bits per heavy atom. The van der Waals surface area contributed by atoms with Crippen molar-refractivity contribution in [2.45, 2.75) is 12.1 Å². The van der Waals surface area contributed by atoms with Gasteiger partial charge < -0.3 is 16.2 Å². The largest absolute Gasteiger partial charge is 0.481 e. The highest BCUT2D eigenvalue weighted by molar-refractivity contribution is 5.76. The van der Waals surface area contributed by atoms with E-state index in [-0.39, 0.29) is 18.0 Å². The highest BCUT2D eigenvalue weighted by Crippen LogP contribution is 2.28. The molecule has 0 aliphatic heterocycles. The molecule has 0 aromatic rings. The Kier molecular flexibility index (Phi) is 1.42. The molecule has 1 aliphatic carbocycles. The first-order valence-electron chi connectivity index (χ1n) is 2.84. The zero-order chi connectivity index (χ0) is 7.02. The Hall–Kier alpha value is -0.610. The highest BCUT2D eigenvalue weighted by atomic mass is 16.4. The molecule has 52 valence electrons. The zero-order valence-corrected chi connectivity index (χ0v) is 5.16. The quantitative estimate of drug-likeness (QED) is 0.430. The van der Waals surface area contributed by atoms with Gasteiger partial charge in [0.25, 0.3) is 0 Å². The molecule has 1 rings (SSSR count). The fourth-order valence-electron chi connectivity index (χ4n) is 1.02. The minimum absolute atomic E-state index is 0.0116. The summed E-state index contributed by atoms with van der Waals surface area (Å²) in [7, 11) is 1.72. The first-order valence-corrected chi connectivity index (χ1v) is 2.84. The van der Waals surface area contributed by atoms with Crippen molar-refractivity contribution in [1.29, 1.82) is 0 Å². The minimum Gasteiger partial charge on any atom is -0.481 e. The molecule has 4 N–H and O–H groups in total. The third-order valence-corrected chi connectivity index (χ3v) is 1.69. The van der Waals surface area contributed by atoms with Crippen LogP contribution in [0.4, 0.5) is 0 Å². The molecule has 4 heteroatoms. The fourth-order valence-corrected chi connectivity index (χ4v) is 1.02. The standard InChI is InChI=1S/C5H10N2O2/c1-7-4-2(3(4)6)5(8)9/h2-4,7H,6H2,1H3,(H,8,9)/t2?,3-,4?/m1/s1. The van der Waals surface area contributed by atoms with Gasteiger partial charge in [0.05, 0.1) is 5.92 Å². The van der Waals surface area contributed by atoms with Gasteiger partial charge in [-0.3, -0.25) is 4.79 Å². The van der Waals surface area contributed by atoms with Gasteiger partial charge in [-0.1, -0.05) is 0 Å². The molecule has 1 fully saturated rings. The van der Waals surface area contributed by atoms with Gasteiger partial charge in [-0.05, 0) is 7.05 Å². The van der Waals surface area contributed by atoms with Gasteiger partial charge in [0.15, 0.2) is 0 Å². The summed E-state index contributed by atoms with van der Waals surface area (Å²) < 4.78 is 0. The van der Waals surface area contributed by atoms with E-state index in [4.69, 9.17) is 10.8 Å². The van der Waals surface area contributed by atoms with Crippen molar-refractivity contribution in [3.05, 3.63) is 0 Å². The number of carbonyl (C=O) groups is 1. The molecule has 1 saturated carbocycles. The van der Waals surface area contributed by atoms with Gasteiger partial charge in [-0.25, -0.2) is 0 Å². The molecule has 0 heterocycles. The van der Waals surface area contributed by atoms with Crippen LogP contribution in [0, 0.1) is 5.92 Å². The maximum atomic E-state index is 10.2. The Bertz CT molecular complexity index is 137. The summed E-state index contributed by atoms with van der Waals surface area (Å²) in [5.41, 5.74) is 5.38. The second-order valence-corrected chi connectivity index (χ2v) is 2.26. The number of nitrogens with one attached hydrogen (secondary N) is 1. The van der Waals surface area contributed by atoms with Crippen molar-refractivity contribution >= 4 is 5.97 Å². The first-order chi connectivity index (χ1) is 4.18. The van der Waals surface area contributed by atoms with Gasteiger partial charge in [0, 0.05) is 12.1 Å². The van der Waals surface area contributed by atoms with Crippen LogP contribution in [0.15, 0.2) is 0 Å². The summed E-state index contributed by atoms with van der Waals surface area (Å²) in [5, 5.41) is 11.2. The van der Waals surface area contributed by atoms with Gasteiger partial charge in [-0.2, -0.15) is 0 Å². The van der Waals surface area contributed by atoms with E-state index in [1.807, 2.05) is 0 Å². The molecule has 2 unspecified atom stereocenters. The smallest absolute Gasteiger partial charge is 0.309 e. The van der Waals surface area contributed by atoms with E-state index in [9.17, 15) is 4.79 Å². The van der Waals surface area contributed by atoms with Gasteiger partial charge in [-0.15, -0.1) is 0 Å². The lowest BCUT2D eigenvalue weighted by molar-refractivity contribution is -0.138. The summed E-state index contributed by atoms with van der Waals surface area (Å²) in [6.07, 6.45) is 0. The van der Waals surface area contributed by atoms with Crippen LogP contribution in [-0.2, 0) is 4.79 Å². The Morgan fingerprint density at radius 2 is 2.33 bits per heavy atom. The van der Waals surface area contributed by atoms with E-state index in [2.05, 4.69) is 5.32 Å². The molecular weight excluding hydrogens is 120 g/mol. The molecule has 9 heavy (non-hydrogen) atoms. The van der Waals surface area contributed by atoms with E-state index in [1.54, 1.807) is 7.05 Å². The molecule has 0 bridgehead atoms. The van der Waals surface area contributed by atoms with Crippen molar-refractivity contribution in [2.75, 3.05) is 7.05 Å². The summed E-state index contributed by atoms with van der Waals surface area (Å²) >= 11 is 0. The van der Waals surface area contributed by atoms with Crippen LogP contribution in [0.3, 0.4) is 0 Å². The molecule has 0 amide bonds. The molecule has 1 aliphatic rings. The maximum Gasteiger partial charge on any atom is 0.309 e. The lowest BCUT2D eigenvalue weighted by Crippen LogP contribution is -2.18. The third-order valence-electron chi connectivity index (χ3n) is 1.69. The Balaban J connectivity index is 2.42. The minimum atomic E-state index is -0.804. The van der Waals surface area contributed by atoms with Crippen LogP contribution in [0.5, 0.6) is 0 Å². The number of aliphatic carboxylic acids is 1. The van der Waals surface area contributed by atoms with Crippen molar-refractivity contribution in [3.63, 3.8) is 0 Å². The normalized spacial score (nSPS) is 40.4. The number of carboxylic acids is 1. The van der Waals surface area contributed by atoms with Crippen LogP contribution in [0.25, 0.3) is 0 Å². The lowest BCUT2D eigenvalue weighted by atomic mass is 10.4. The van der Waals surface area contributed by atoms with Crippen molar-refractivity contribution in [3.8, 4) is 0 Å². The molecule has 0 spiro atoms. The van der Waals surface area contributed by atoms with E-state index in [1.165, 1.54) is 0 Å². The monoisotopic (exact) mass is 130 g/mol. The van der Waals surface area contributed by atoms with Crippen molar-refractivity contribution in [1.82, 2.24) is 5.32 Å². The molecular formula is C5H10N2O2. The zero-order valence-electron chi connectivity index (χ0n) is 5.16. The molecule has 0 aromatic heterocycles. The average Bonchev–Trinajstić information content (AvgIpc) is 2.40. The molecule has 3 atom stereocenters. The topological polar surface area (TPSA) is 75.3 Å². The number of hydrogen-bond donors (Lipinski definition) is 3. The first kappa shape index (κ1) is 6.51. The average molecular weight is 130 g/mol. The van der Waals surface area contributed by atoms with E-state index >= 15 is 0 Å². The van der Waals surface area contributed by atoms with Crippen LogP contribution in [0.1, 0.15) is 0 Å². The number of rotatable bonds is 2. The summed E-state index contributed by atoms with van der Waals surface area (Å²) in [4.78, 5) is 10.2. The fraction of sp³-hybridized carbons (Fsp3) is 0.800. The van der Waals surface area contributed by atoms with Crippen molar-refractivity contribution < 1.29 is 9.90 Å². The SMILES string of the molecule is CNC1C(C(=O)O)[C@H]1N. The van der Waals surface area contributed by atoms with Crippen LogP contribution >= 0.6 is 0 Å². The highest BCUT2D eigenvalue weighted by Gasteiger charge is 2.51. The van der Waals surface area contributed by atoms with Crippen LogP contribution in [-0.4, -0.2) is 30.2 Å². The predicted octanol–water partition coefficient (Wildman–Crippen LogP) is -1.38. The Morgan fingerprint density at radius 3 is 2.44 bits per heavy atom. The molecule has 4 nitrogen and oxygen atoms in total. The molecule has 0 radical (unpaired) electrons. The number of likely N-dealkylation sites (N-methyl/N-ethyl adjacent to an activating group) is 1. The number of hydrogen-bond acceptors (Lipinski definition) is 3. The van der Waals surface area contributed by atoms with E-state index < -0.39 is 5.97 Å². The third kappa shape index (κ3) is 0.906. The van der Waals surface area contributed by atoms with Gasteiger partial charge in [0.2, 0.25) is 0 Å². The summed E-state index contributed by atoms with van der Waals surface area (Å²) in [6, 6.07) is -0.199. The van der Waals surface area contributed by atoms with Crippen molar-refractivity contribution in [2.24, 2.45) is 11.7 Å². The van der Waals surface area contributed by atoms with Gasteiger partial charge in [0.1, 0.15) is 0 Å².